The first kappa shape index (κ1) is 9.50. The molecule has 0 nitrogen and oxygen atoms in total. The molecule has 1 fully saturated rings. The molecule has 0 unspecified atom stereocenters. The standard InChI is InChI=1S/C11H17F/c1-2-3-4-6-10-7-5-8-11(12)9-10/h2-4,6,10-11H,5,7-9H2,1H3/b3-2+,6-4+/t10-,11-/m0/s1. The van der Waals surface area contributed by atoms with Gasteiger partial charge in [-0.25, -0.2) is 4.39 Å². The lowest BCUT2D eigenvalue weighted by molar-refractivity contribution is 0.221. The lowest BCUT2D eigenvalue weighted by Gasteiger charge is -2.21. The van der Waals surface area contributed by atoms with Crippen LogP contribution in [0.3, 0.4) is 0 Å². The van der Waals surface area contributed by atoms with Crippen LogP contribution in [0.5, 0.6) is 0 Å². The molecule has 0 radical (unpaired) electrons. The lowest BCUT2D eigenvalue weighted by Crippen LogP contribution is -2.14. The van der Waals surface area contributed by atoms with Crippen molar-refractivity contribution in [3.63, 3.8) is 0 Å². The van der Waals surface area contributed by atoms with E-state index < -0.39 is 6.17 Å². The van der Waals surface area contributed by atoms with E-state index in [0.717, 1.165) is 25.7 Å². The Morgan fingerprint density at radius 2 is 2.08 bits per heavy atom. The van der Waals surface area contributed by atoms with Crippen LogP contribution < -0.4 is 0 Å². The Labute approximate surface area is 74.2 Å². The third-order valence-corrected chi connectivity index (χ3v) is 2.34. The summed E-state index contributed by atoms with van der Waals surface area (Å²) in [7, 11) is 0. The van der Waals surface area contributed by atoms with Gasteiger partial charge in [0.1, 0.15) is 6.17 Å². The minimum absolute atomic E-state index is 0.477. The second-order valence-corrected chi connectivity index (χ2v) is 3.43. The molecule has 0 aromatic heterocycles. The van der Waals surface area contributed by atoms with Crippen LogP contribution in [0.1, 0.15) is 32.6 Å². The molecular weight excluding hydrogens is 151 g/mol. The highest BCUT2D eigenvalue weighted by molar-refractivity contribution is 5.04. The van der Waals surface area contributed by atoms with Crippen LogP contribution in [0, 0.1) is 5.92 Å². The van der Waals surface area contributed by atoms with E-state index in [9.17, 15) is 4.39 Å². The number of hydrogen-bond donors (Lipinski definition) is 0. The zero-order chi connectivity index (χ0) is 8.81. The van der Waals surface area contributed by atoms with Gasteiger partial charge in [-0.15, -0.1) is 0 Å². The van der Waals surface area contributed by atoms with Gasteiger partial charge >= 0.3 is 0 Å². The molecule has 1 rings (SSSR count). The van der Waals surface area contributed by atoms with Gasteiger partial charge in [-0.3, -0.25) is 0 Å². The minimum atomic E-state index is -0.556. The van der Waals surface area contributed by atoms with Crippen LogP contribution in [0.25, 0.3) is 0 Å². The first-order valence-electron chi connectivity index (χ1n) is 4.76. The summed E-state index contributed by atoms with van der Waals surface area (Å²) < 4.78 is 12.9. The third kappa shape index (κ3) is 3.21. The van der Waals surface area contributed by atoms with Crippen molar-refractivity contribution in [3.8, 4) is 0 Å². The van der Waals surface area contributed by atoms with Crippen LogP contribution >= 0.6 is 0 Å². The van der Waals surface area contributed by atoms with Gasteiger partial charge in [0.2, 0.25) is 0 Å². The summed E-state index contributed by atoms with van der Waals surface area (Å²) in [6.07, 6.45) is 11.3. The van der Waals surface area contributed by atoms with Crippen LogP contribution in [0.4, 0.5) is 4.39 Å². The van der Waals surface area contributed by atoms with Gasteiger partial charge in [-0.05, 0) is 38.5 Å². The number of rotatable bonds is 2. The number of allylic oxidation sites excluding steroid dienone is 4. The van der Waals surface area contributed by atoms with Crippen molar-refractivity contribution >= 4 is 0 Å². The molecular formula is C11H17F. The minimum Gasteiger partial charge on any atom is -0.247 e. The first-order chi connectivity index (χ1) is 5.83. The summed E-state index contributed by atoms with van der Waals surface area (Å²) in [5.41, 5.74) is 0. The second-order valence-electron chi connectivity index (χ2n) is 3.43. The maximum Gasteiger partial charge on any atom is 0.101 e. The second kappa shape index (κ2) is 5.13. The van der Waals surface area contributed by atoms with E-state index in [0.29, 0.717) is 5.92 Å². The van der Waals surface area contributed by atoms with Crippen molar-refractivity contribution in [2.24, 2.45) is 5.92 Å². The van der Waals surface area contributed by atoms with Crippen LogP contribution in [0.2, 0.25) is 0 Å². The Kier molecular flexibility index (Phi) is 4.06. The Morgan fingerprint density at radius 3 is 2.75 bits per heavy atom. The highest BCUT2D eigenvalue weighted by Gasteiger charge is 2.18. The molecule has 0 amide bonds. The Bertz CT molecular complexity index is 170. The van der Waals surface area contributed by atoms with Crippen molar-refractivity contribution < 1.29 is 4.39 Å². The van der Waals surface area contributed by atoms with Crippen LogP contribution in [-0.4, -0.2) is 6.17 Å². The highest BCUT2D eigenvalue weighted by Crippen LogP contribution is 2.27. The monoisotopic (exact) mass is 168 g/mol. The van der Waals surface area contributed by atoms with E-state index in [-0.39, 0.29) is 0 Å². The molecule has 1 aliphatic rings. The van der Waals surface area contributed by atoms with Crippen molar-refractivity contribution in [3.05, 3.63) is 24.3 Å². The van der Waals surface area contributed by atoms with Crippen LogP contribution in [0.15, 0.2) is 24.3 Å². The molecule has 0 saturated heterocycles. The molecule has 12 heavy (non-hydrogen) atoms. The average Bonchev–Trinajstić information content (AvgIpc) is 2.05. The molecule has 0 aromatic rings. The van der Waals surface area contributed by atoms with E-state index in [1.54, 1.807) is 0 Å². The average molecular weight is 168 g/mol. The van der Waals surface area contributed by atoms with Gasteiger partial charge in [0, 0.05) is 0 Å². The summed E-state index contributed by atoms with van der Waals surface area (Å²) >= 11 is 0. The summed E-state index contributed by atoms with van der Waals surface area (Å²) in [5, 5.41) is 0. The number of halogens is 1. The maximum atomic E-state index is 12.9. The van der Waals surface area contributed by atoms with Crippen LogP contribution in [-0.2, 0) is 0 Å². The summed E-state index contributed by atoms with van der Waals surface area (Å²) in [6, 6.07) is 0. The smallest absolute Gasteiger partial charge is 0.101 e. The molecule has 1 heteroatoms. The Hall–Kier alpha value is -0.590. The quantitative estimate of drug-likeness (QED) is 0.552. The molecule has 1 aliphatic carbocycles. The lowest BCUT2D eigenvalue weighted by atomic mass is 9.88. The fourth-order valence-corrected chi connectivity index (χ4v) is 1.67. The van der Waals surface area contributed by atoms with Crippen molar-refractivity contribution in [2.45, 2.75) is 38.8 Å². The summed E-state index contributed by atoms with van der Waals surface area (Å²) in [6.45, 7) is 1.99. The molecule has 0 N–H and O–H groups in total. The predicted molar refractivity (Wildman–Crippen MR) is 50.8 cm³/mol. The third-order valence-electron chi connectivity index (χ3n) is 2.34. The molecule has 1 saturated carbocycles. The molecule has 0 spiro atoms. The van der Waals surface area contributed by atoms with Gasteiger partial charge < -0.3 is 0 Å². The Morgan fingerprint density at radius 1 is 1.25 bits per heavy atom. The fraction of sp³-hybridized carbons (Fsp3) is 0.636. The maximum absolute atomic E-state index is 12.9. The van der Waals surface area contributed by atoms with Gasteiger partial charge in [0.25, 0.3) is 0 Å². The molecule has 68 valence electrons. The van der Waals surface area contributed by atoms with E-state index in [2.05, 4.69) is 6.08 Å². The molecule has 0 aliphatic heterocycles. The zero-order valence-electron chi connectivity index (χ0n) is 7.67. The fourth-order valence-electron chi connectivity index (χ4n) is 1.67. The van der Waals surface area contributed by atoms with Crippen molar-refractivity contribution in [1.82, 2.24) is 0 Å². The molecule has 0 bridgehead atoms. The van der Waals surface area contributed by atoms with E-state index in [1.807, 2.05) is 25.2 Å². The van der Waals surface area contributed by atoms with E-state index in [1.165, 1.54) is 0 Å². The molecule has 0 aromatic carbocycles. The van der Waals surface area contributed by atoms with E-state index in [4.69, 9.17) is 0 Å². The first-order valence-corrected chi connectivity index (χ1v) is 4.76. The van der Waals surface area contributed by atoms with Gasteiger partial charge in [0.15, 0.2) is 0 Å². The van der Waals surface area contributed by atoms with Gasteiger partial charge in [0.05, 0.1) is 0 Å². The summed E-state index contributed by atoms with van der Waals surface area (Å²) in [5.74, 6) is 0.477. The normalized spacial score (nSPS) is 31.8. The largest absolute Gasteiger partial charge is 0.247 e. The van der Waals surface area contributed by atoms with Gasteiger partial charge in [-0.2, -0.15) is 0 Å². The van der Waals surface area contributed by atoms with Crippen molar-refractivity contribution in [2.75, 3.05) is 0 Å². The van der Waals surface area contributed by atoms with Gasteiger partial charge in [-0.1, -0.05) is 24.3 Å². The van der Waals surface area contributed by atoms with E-state index >= 15 is 0 Å². The summed E-state index contributed by atoms with van der Waals surface area (Å²) in [4.78, 5) is 0. The number of hydrogen-bond acceptors (Lipinski definition) is 0. The SMILES string of the molecule is C/C=C/C=C/[C@H]1CCC[C@H](F)C1. The topological polar surface area (TPSA) is 0 Å². The number of alkyl halides is 1. The Balaban J connectivity index is 2.31. The zero-order valence-corrected chi connectivity index (χ0v) is 7.67. The van der Waals surface area contributed by atoms with Crippen molar-refractivity contribution in [1.29, 1.82) is 0 Å². The molecule has 0 heterocycles. The highest BCUT2D eigenvalue weighted by atomic mass is 19.1. The predicted octanol–water partition coefficient (Wildman–Crippen LogP) is 3.65. The molecule has 2 atom stereocenters.